The number of aliphatic hydroxyl groups excluding tert-OH is 1. The third-order valence-electron chi connectivity index (χ3n) is 3.74. The van der Waals surface area contributed by atoms with Crippen LogP contribution in [-0.2, 0) is 4.79 Å². The molecule has 0 spiro atoms. The van der Waals surface area contributed by atoms with Crippen LogP contribution in [0.2, 0.25) is 0 Å². The van der Waals surface area contributed by atoms with Gasteiger partial charge < -0.3 is 10.4 Å². The average Bonchev–Trinajstić information content (AvgIpc) is 3.05. The highest BCUT2D eigenvalue weighted by atomic mass is 16.3. The van der Waals surface area contributed by atoms with Crippen molar-refractivity contribution in [2.45, 2.75) is 51.3 Å². The third-order valence-corrected chi connectivity index (χ3v) is 3.74. The van der Waals surface area contributed by atoms with Gasteiger partial charge in [0, 0.05) is 19.1 Å². The van der Waals surface area contributed by atoms with E-state index in [1.54, 1.807) is 0 Å². The van der Waals surface area contributed by atoms with Gasteiger partial charge >= 0.3 is 0 Å². The van der Waals surface area contributed by atoms with Crippen LogP contribution in [0.5, 0.6) is 0 Å². The second-order valence-electron chi connectivity index (χ2n) is 5.29. The Hall–Kier alpha value is -0.610. The first kappa shape index (κ1) is 11.9. The molecule has 2 aliphatic rings. The van der Waals surface area contributed by atoms with Crippen LogP contribution in [-0.4, -0.2) is 47.2 Å². The monoisotopic (exact) mass is 226 g/mol. The fourth-order valence-corrected chi connectivity index (χ4v) is 2.23. The Morgan fingerprint density at radius 3 is 2.69 bits per heavy atom. The van der Waals surface area contributed by atoms with Gasteiger partial charge in [0.25, 0.3) is 0 Å². The lowest BCUT2D eigenvalue weighted by atomic mass is 9.95. The quantitative estimate of drug-likeness (QED) is 0.730. The van der Waals surface area contributed by atoms with E-state index in [-0.39, 0.29) is 24.0 Å². The lowest BCUT2D eigenvalue weighted by molar-refractivity contribution is -0.127. The Bertz CT molecular complexity index is 266. The predicted molar refractivity (Wildman–Crippen MR) is 62.0 cm³/mol. The van der Waals surface area contributed by atoms with Gasteiger partial charge in [-0.2, -0.15) is 0 Å². The Morgan fingerprint density at radius 2 is 2.12 bits per heavy atom. The highest BCUT2D eigenvalue weighted by molar-refractivity contribution is 5.81. The molecule has 2 rings (SSSR count). The first-order chi connectivity index (χ1) is 7.58. The van der Waals surface area contributed by atoms with Crippen molar-refractivity contribution in [3.8, 4) is 0 Å². The fraction of sp³-hybridized carbons (Fsp3) is 0.917. The molecular formula is C12H22N2O2. The maximum Gasteiger partial charge on any atom is 0.237 e. The van der Waals surface area contributed by atoms with E-state index in [0.29, 0.717) is 6.04 Å². The predicted octanol–water partition coefficient (Wildman–Crippen LogP) is 0.356. The number of hydrogen-bond acceptors (Lipinski definition) is 3. The molecule has 1 saturated heterocycles. The van der Waals surface area contributed by atoms with E-state index in [1.807, 2.05) is 13.8 Å². The lowest BCUT2D eigenvalue weighted by Gasteiger charge is -2.37. The van der Waals surface area contributed by atoms with E-state index in [9.17, 15) is 9.90 Å². The summed E-state index contributed by atoms with van der Waals surface area (Å²) in [7, 11) is 0. The number of amides is 1. The second kappa shape index (κ2) is 4.72. The summed E-state index contributed by atoms with van der Waals surface area (Å²) in [6.07, 6.45) is 2.85. The molecule has 2 N–H and O–H groups in total. The number of likely N-dealkylation sites (tertiary alicyclic amines) is 1. The van der Waals surface area contributed by atoms with Crippen molar-refractivity contribution in [2.24, 2.45) is 5.92 Å². The van der Waals surface area contributed by atoms with Crippen molar-refractivity contribution in [2.75, 3.05) is 13.1 Å². The van der Waals surface area contributed by atoms with Crippen LogP contribution in [0.4, 0.5) is 0 Å². The van der Waals surface area contributed by atoms with Crippen molar-refractivity contribution in [1.29, 1.82) is 0 Å². The summed E-state index contributed by atoms with van der Waals surface area (Å²) in [6, 6.07) is 0.373. The van der Waals surface area contributed by atoms with Gasteiger partial charge in [0.15, 0.2) is 0 Å². The number of carbonyl (C=O) groups excluding carboxylic acids is 1. The molecule has 4 heteroatoms. The third kappa shape index (κ3) is 2.74. The van der Waals surface area contributed by atoms with Gasteiger partial charge in [-0.3, -0.25) is 9.69 Å². The Balaban J connectivity index is 1.83. The molecular weight excluding hydrogens is 204 g/mol. The van der Waals surface area contributed by atoms with Crippen LogP contribution in [0.1, 0.15) is 33.1 Å². The van der Waals surface area contributed by atoms with Gasteiger partial charge in [-0.25, -0.2) is 0 Å². The van der Waals surface area contributed by atoms with Crippen molar-refractivity contribution in [3.05, 3.63) is 0 Å². The smallest absolute Gasteiger partial charge is 0.237 e. The fourth-order valence-electron chi connectivity index (χ4n) is 2.23. The zero-order valence-corrected chi connectivity index (χ0v) is 10.1. The minimum atomic E-state index is -0.199. The second-order valence-corrected chi connectivity index (χ2v) is 5.29. The van der Waals surface area contributed by atoms with E-state index in [1.165, 1.54) is 0 Å². The molecule has 1 amide bonds. The maximum atomic E-state index is 11.9. The molecule has 0 aromatic rings. The van der Waals surface area contributed by atoms with Gasteiger partial charge in [-0.1, -0.05) is 6.92 Å². The van der Waals surface area contributed by atoms with E-state index in [0.717, 1.165) is 32.4 Å². The first-order valence-corrected chi connectivity index (χ1v) is 6.30. The molecule has 0 aromatic carbocycles. The van der Waals surface area contributed by atoms with Crippen molar-refractivity contribution in [3.63, 3.8) is 0 Å². The van der Waals surface area contributed by atoms with Crippen LogP contribution < -0.4 is 5.32 Å². The van der Waals surface area contributed by atoms with E-state index < -0.39 is 0 Å². The Labute approximate surface area is 97.0 Å². The largest absolute Gasteiger partial charge is 0.393 e. The number of aliphatic hydroxyl groups is 1. The molecule has 3 atom stereocenters. The molecule has 2 fully saturated rings. The average molecular weight is 226 g/mol. The number of rotatable bonds is 3. The molecule has 0 bridgehead atoms. The summed E-state index contributed by atoms with van der Waals surface area (Å²) in [4.78, 5) is 14.0. The molecule has 0 aromatic heterocycles. The minimum Gasteiger partial charge on any atom is -0.393 e. The highest BCUT2D eigenvalue weighted by Crippen LogP contribution is 2.21. The summed E-state index contributed by atoms with van der Waals surface area (Å²) in [5.74, 6) is 0.413. The molecule has 3 unspecified atom stereocenters. The summed E-state index contributed by atoms with van der Waals surface area (Å²) in [6.45, 7) is 5.65. The molecule has 1 aliphatic heterocycles. The highest BCUT2D eigenvalue weighted by Gasteiger charge is 2.32. The molecule has 4 nitrogen and oxygen atoms in total. The SMILES string of the molecule is CC1CN(C(C)C(=O)NC2CC2)CCC1O. The number of nitrogens with zero attached hydrogens (tertiary/aromatic N) is 1. The normalized spacial score (nSPS) is 33.4. The van der Waals surface area contributed by atoms with Crippen molar-refractivity contribution >= 4 is 5.91 Å². The molecule has 16 heavy (non-hydrogen) atoms. The van der Waals surface area contributed by atoms with Crippen LogP contribution >= 0.6 is 0 Å². The van der Waals surface area contributed by atoms with Crippen LogP contribution in [0, 0.1) is 5.92 Å². The van der Waals surface area contributed by atoms with Crippen molar-refractivity contribution < 1.29 is 9.90 Å². The van der Waals surface area contributed by atoms with Gasteiger partial charge in [-0.05, 0) is 32.1 Å². The van der Waals surface area contributed by atoms with Gasteiger partial charge in [0.1, 0.15) is 0 Å². The van der Waals surface area contributed by atoms with E-state index in [2.05, 4.69) is 10.2 Å². The summed E-state index contributed by atoms with van der Waals surface area (Å²) in [5.41, 5.74) is 0. The molecule has 1 aliphatic carbocycles. The van der Waals surface area contributed by atoms with E-state index in [4.69, 9.17) is 0 Å². The molecule has 92 valence electrons. The summed E-state index contributed by atoms with van der Waals surface area (Å²) < 4.78 is 0. The maximum absolute atomic E-state index is 11.9. The Kier molecular flexibility index (Phi) is 3.50. The molecule has 0 radical (unpaired) electrons. The molecule has 1 saturated carbocycles. The number of piperidine rings is 1. The zero-order valence-electron chi connectivity index (χ0n) is 10.1. The first-order valence-electron chi connectivity index (χ1n) is 6.30. The number of carbonyl (C=O) groups is 1. The van der Waals surface area contributed by atoms with Crippen LogP contribution in [0.3, 0.4) is 0 Å². The van der Waals surface area contributed by atoms with Crippen LogP contribution in [0.25, 0.3) is 0 Å². The zero-order chi connectivity index (χ0) is 11.7. The van der Waals surface area contributed by atoms with Gasteiger partial charge in [0.05, 0.1) is 12.1 Å². The Morgan fingerprint density at radius 1 is 1.44 bits per heavy atom. The van der Waals surface area contributed by atoms with Crippen LogP contribution in [0.15, 0.2) is 0 Å². The topological polar surface area (TPSA) is 52.6 Å². The molecule has 1 heterocycles. The summed E-state index contributed by atoms with van der Waals surface area (Å²) >= 11 is 0. The minimum absolute atomic E-state index is 0.0597. The van der Waals surface area contributed by atoms with Gasteiger partial charge in [-0.15, -0.1) is 0 Å². The number of nitrogens with one attached hydrogen (secondary N) is 1. The standard InChI is InChI=1S/C12H22N2O2/c1-8-7-14(6-5-11(8)15)9(2)12(16)13-10-3-4-10/h8-11,15H,3-7H2,1-2H3,(H,13,16). The lowest BCUT2D eigenvalue weighted by Crippen LogP contribution is -2.51. The van der Waals surface area contributed by atoms with Crippen molar-refractivity contribution in [1.82, 2.24) is 10.2 Å². The number of hydrogen-bond donors (Lipinski definition) is 2. The van der Waals surface area contributed by atoms with Gasteiger partial charge in [0.2, 0.25) is 5.91 Å². The van der Waals surface area contributed by atoms with E-state index >= 15 is 0 Å². The summed E-state index contributed by atoms with van der Waals surface area (Å²) in [5, 5.41) is 12.7.